The number of thiophene rings is 1. The van der Waals surface area contributed by atoms with Gasteiger partial charge in [-0.2, -0.15) is 0 Å². The van der Waals surface area contributed by atoms with Gasteiger partial charge in [-0.3, -0.25) is 0 Å². The molecule has 0 aliphatic rings. The first-order chi connectivity index (χ1) is 7.75. The minimum absolute atomic E-state index is 0.283. The number of carboxylic acid groups (broad SMARTS) is 1. The fourth-order valence-corrected chi connectivity index (χ4v) is 1.99. The van der Waals surface area contributed by atoms with E-state index in [1.54, 1.807) is 11.4 Å². The minimum atomic E-state index is -0.920. The van der Waals surface area contributed by atoms with E-state index in [2.05, 4.69) is 6.58 Å². The lowest BCUT2D eigenvalue weighted by Gasteiger charge is -2.04. The molecule has 0 aliphatic carbocycles. The van der Waals surface area contributed by atoms with E-state index in [9.17, 15) is 4.79 Å². The van der Waals surface area contributed by atoms with Crippen LogP contribution in [0.1, 0.15) is 35.4 Å². The first kappa shape index (κ1) is 12.8. The lowest BCUT2D eigenvalue weighted by molar-refractivity contribution is 0.0698. The molecular weight excluding hydrogens is 224 g/mol. The van der Waals surface area contributed by atoms with Crippen molar-refractivity contribution < 1.29 is 14.6 Å². The number of carboxylic acids is 1. The van der Waals surface area contributed by atoms with Gasteiger partial charge in [-0.05, 0) is 37.1 Å². The lowest BCUT2D eigenvalue weighted by Crippen LogP contribution is -2.01. The Balaban J connectivity index is 2.24. The van der Waals surface area contributed by atoms with Crippen LogP contribution in [0.15, 0.2) is 24.1 Å². The molecule has 0 aromatic carbocycles. The molecule has 1 aromatic heterocycles. The summed E-state index contributed by atoms with van der Waals surface area (Å²) in [6.45, 7) is 4.23. The highest BCUT2D eigenvalue weighted by Gasteiger charge is 2.12. The van der Waals surface area contributed by atoms with Crippen molar-refractivity contribution in [2.45, 2.75) is 25.7 Å². The van der Waals surface area contributed by atoms with Gasteiger partial charge in [-0.15, -0.1) is 17.9 Å². The van der Waals surface area contributed by atoms with Crippen LogP contribution in [0, 0.1) is 0 Å². The molecule has 0 saturated heterocycles. The monoisotopic (exact) mass is 240 g/mol. The maximum atomic E-state index is 10.8. The summed E-state index contributed by atoms with van der Waals surface area (Å²) in [5.41, 5.74) is 0. The van der Waals surface area contributed by atoms with Crippen molar-refractivity contribution in [1.82, 2.24) is 0 Å². The Morgan fingerprint density at radius 3 is 3.00 bits per heavy atom. The van der Waals surface area contributed by atoms with Gasteiger partial charge < -0.3 is 9.84 Å². The van der Waals surface area contributed by atoms with E-state index in [1.165, 1.54) is 11.3 Å². The van der Waals surface area contributed by atoms with Gasteiger partial charge in [-0.1, -0.05) is 6.08 Å². The molecule has 88 valence electrons. The molecule has 0 radical (unpaired) electrons. The van der Waals surface area contributed by atoms with Gasteiger partial charge in [0.2, 0.25) is 0 Å². The number of carbonyl (C=O) groups is 1. The average molecular weight is 240 g/mol. The predicted molar refractivity (Wildman–Crippen MR) is 65.4 cm³/mol. The van der Waals surface area contributed by atoms with Crippen molar-refractivity contribution >= 4 is 17.3 Å². The third-order valence-electron chi connectivity index (χ3n) is 2.13. The van der Waals surface area contributed by atoms with Gasteiger partial charge in [0.25, 0.3) is 0 Å². The quantitative estimate of drug-likeness (QED) is 0.558. The third kappa shape index (κ3) is 4.06. The van der Waals surface area contributed by atoms with Crippen LogP contribution in [0.5, 0.6) is 5.75 Å². The summed E-state index contributed by atoms with van der Waals surface area (Å²) in [4.78, 5) is 11.1. The normalized spacial score (nSPS) is 10.0. The Kier molecular flexibility index (Phi) is 5.64. The molecular formula is C12H16O3S. The molecule has 0 saturated carbocycles. The Morgan fingerprint density at radius 1 is 1.50 bits per heavy atom. The van der Waals surface area contributed by atoms with Crippen molar-refractivity contribution in [2.24, 2.45) is 0 Å². The van der Waals surface area contributed by atoms with Gasteiger partial charge in [0.05, 0.1) is 6.61 Å². The number of hydrogen-bond donors (Lipinski definition) is 1. The van der Waals surface area contributed by atoms with Crippen LogP contribution >= 0.6 is 11.3 Å². The van der Waals surface area contributed by atoms with Crippen LogP contribution in [0.25, 0.3) is 0 Å². The van der Waals surface area contributed by atoms with E-state index in [0.29, 0.717) is 12.4 Å². The van der Waals surface area contributed by atoms with Crippen molar-refractivity contribution in [3.05, 3.63) is 29.0 Å². The van der Waals surface area contributed by atoms with Crippen molar-refractivity contribution in [3.8, 4) is 5.75 Å². The SMILES string of the molecule is C=CCCCCCOc1ccsc1C(=O)O. The topological polar surface area (TPSA) is 46.5 Å². The van der Waals surface area contributed by atoms with Gasteiger partial charge in [0, 0.05) is 0 Å². The molecule has 0 spiro atoms. The Bertz CT molecular complexity index is 344. The maximum absolute atomic E-state index is 10.8. The molecule has 0 unspecified atom stereocenters. The Morgan fingerprint density at radius 2 is 2.31 bits per heavy atom. The maximum Gasteiger partial charge on any atom is 0.349 e. The summed E-state index contributed by atoms with van der Waals surface area (Å²) in [6.07, 6.45) is 6.07. The number of aromatic carboxylic acids is 1. The Labute approximate surface area is 99.4 Å². The zero-order valence-corrected chi connectivity index (χ0v) is 9.96. The molecule has 16 heavy (non-hydrogen) atoms. The molecule has 1 N–H and O–H groups in total. The summed E-state index contributed by atoms with van der Waals surface area (Å²) in [5, 5.41) is 10.6. The zero-order valence-electron chi connectivity index (χ0n) is 9.15. The van der Waals surface area contributed by atoms with Crippen molar-refractivity contribution in [1.29, 1.82) is 0 Å². The van der Waals surface area contributed by atoms with Crippen molar-refractivity contribution in [2.75, 3.05) is 6.61 Å². The summed E-state index contributed by atoms with van der Waals surface area (Å²) < 4.78 is 5.42. The zero-order chi connectivity index (χ0) is 11.8. The van der Waals surface area contributed by atoms with E-state index in [4.69, 9.17) is 9.84 Å². The predicted octanol–water partition coefficient (Wildman–Crippen LogP) is 3.57. The molecule has 0 fully saturated rings. The first-order valence-electron chi connectivity index (χ1n) is 5.30. The van der Waals surface area contributed by atoms with E-state index >= 15 is 0 Å². The number of rotatable bonds is 8. The second-order valence-electron chi connectivity index (χ2n) is 3.41. The van der Waals surface area contributed by atoms with E-state index in [1.807, 2.05) is 6.08 Å². The molecule has 0 bridgehead atoms. The van der Waals surface area contributed by atoms with Crippen LogP contribution in [0.2, 0.25) is 0 Å². The number of allylic oxidation sites excluding steroid dienone is 1. The summed E-state index contributed by atoms with van der Waals surface area (Å²) >= 11 is 1.19. The van der Waals surface area contributed by atoms with Crippen LogP contribution < -0.4 is 4.74 Å². The molecule has 3 nitrogen and oxygen atoms in total. The molecule has 1 heterocycles. The largest absolute Gasteiger partial charge is 0.492 e. The molecule has 0 amide bonds. The highest BCUT2D eigenvalue weighted by atomic mass is 32.1. The number of ether oxygens (including phenoxy) is 1. The minimum Gasteiger partial charge on any atom is -0.492 e. The standard InChI is InChI=1S/C12H16O3S/c1-2-3-4-5-6-8-15-10-7-9-16-11(10)12(13)14/h2,7,9H,1,3-6,8H2,(H,13,14). The molecule has 1 aromatic rings. The van der Waals surface area contributed by atoms with Gasteiger partial charge >= 0.3 is 5.97 Å². The van der Waals surface area contributed by atoms with Crippen molar-refractivity contribution in [3.63, 3.8) is 0 Å². The summed E-state index contributed by atoms with van der Waals surface area (Å²) in [6, 6.07) is 1.71. The average Bonchev–Trinajstić information content (AvgIpc) is 2.71. The van der Waals surface area contributed by atoms with E-state index in [-0.39, 0.29) is 4.88 Å². The van der Waals surface area contributed by atoms with Gasteiger partial charge in [-0.25, -0.2) is 4.79 Å². The number of hydrogen-bond acceptors (Lipinski definition) is 3. The fraction of sp³-hybridized carbons (Fsp3) is 0.417. The molecule has 0 atom stereocenters. The lowest BCUT2D eigenvalue weighted by atomic mass is 10.2. The van der Waals surface area contributed by atoms with Gasteiger partial charge in [0.1, 0.15) is 5.75 Å². The third-order valence-corrected chi connectivity index (χ3v) is 3.02. The second-order valence-corrected chi connectivity index (χ2v) is 4.32. The molecule has 4 heteroatoms. The Hall–Kier alpha value is -1.29. The number of unbranched alkanes of at least 4 members (excludes halogenated alkanes) is 3. The smallest absolute Gasteiger partial charge is 0.349 e. The van der Waals surface area contributed by atoms with Crippen LogP contribution in [-0.4, -0.2) is 17.7 Å². The van der Waals surface area contributed by atoms with E-state index < -0.39 is 5.97 Å². The fourth-order valence-electron chi connectivity index (χ4n) is 1.32. The first-order valence-corrected chi connectivity index (χ1v) is 6.18. The van der Waals surface area contributed by atoms with Crippen LogP contribution in [0.3, 0.4) is 0 Å². The van der Waals surface area contributed by atoms with Crippen LogP contribution in [-0.2, 0) is 0 Å². The summed E-state index contributed by atoms with van der Waals surface area (Å²) in [7, 11) is 0. The van der Waals surface area contributed by atoms with Crippen LogP contribution in [0.4, 0.5) is 0 Å². The highest BCUT2D eigenvalue weighted by Crippen LogP contribution is 2.24. The molecule has 1 rings (SSSR count). The molecule has 0 aliphatic heterocycles. The second kappa shape index (κ2) is 7.06. The highest BCUT2D eigenvalue weighted by molar-refractivity contribution is 7.12. The summed E-state index contributed by atoms with van der Waals surface area (Å²) in [5.74, 6) is -0.433. The van der Waals surface area contributed by atoms with E-state index in [0.717, 1.165) is 25.7 Å². The van der Waals surface area contributed by atoms with Gasteiger partial charge in [0.15, 0.2) is 4.88 Å².